The molecule has 0 radical (unpaired) electrons. The lowest BCUT2D eigenvalue weighted by atomic mass is 10.2. The van der Waals surface area contributed by atoms with Gasteiger partial charge in [-0.25, -0.2) is 0 Å². The number of aliphatic hydroxyl groups is 1. The van der Waals surface area contributed by atoms with Crippen LogP contribution in [0.4, 0.5) is 0 Å². The number of rotatable bonds is 10. The van der Waals surface area contributed by atoms with E-state index in [4.69, 9.17) is 4.74 Å². The van der Waals surface area contributed by atoms with Crippen LogP contribution in [-0.2, 0) is 16.6 Å². The van der Waals surface area contributed by atoms with Crippen molar-refractivity contribution in [2.24, 2.45) is 0 Å². The van der Waals surface area contributed by atoms with Crippen molar-refractivity contribution in [1.82, 2.24) is 5.32 Å². The van der Waals surface area contributed by atoms with E-state index >= 15 is 0 Å². The molecule has 2 rings (SSSR count). The van der Waals surface area contributed by atoms with E-state index in [0.29, 0.717) is 24.6 Å². The Morgan fingerprint density at radius 1 is 1.04 bits per heavy atom. The first-order valence-electron chi connectivity index (χ1n) is 7.69. The van der Waals surface area contributed by atoms with Crippen molar-refractivity contribution in [3.63, 3.8) is 0 Å². The minimum Gasteiger partial charge on any atom is -0.491 e. The smallest absolute Gasteiger partial charge is 0.119 e. The first-order chi connectivity index (χ1) is 11.2. The van der Waals surface area contributed by atoms with Gasteiger partial charge in [-0.05, 0) is 17.7 Å². The van der Waals surface area contributed by atoms with E-state index in [1.807, 2.05) is 60.7 Å². The third-order valence-electron chi connectivity index (χ3n) is 3.24. The monoisotopic (exact) mass is 333 g/mol. The molecule has 0 aliphatic heterocycles. The Kier molecular flexibility index (Phi) is 7.80. The van der Waals surface area contributed by atoms with Crippen molar-refractivity contribution in [3.8, 4) is 5.75 Å². The third-order valence-corrected chi connectivity index (χ3v) is 4.56. The van der Waals surface area contributed by atoms with Crippen LogP contribution in [-0.4, -0.2) is 40.9 Å². The second-order valence-corrected chi connectivity index (χ2v) is 6.83. The molecule has 0 amide bonds. The topological polar surface area (TPSA) is 58.6 Å². The molecule has 2 unspecified atom stereocenters. The maximum Gasteiger partial charge on any atom is 0.119 e. The molecule has 0 aromatic heterocycles. The number of hydrogen-bond acceptors (Lipinski definition) is 4. The number of benzene rings is 2. The summed E-state index contributed by atoms with van der Waals surface area (Å²) in [6.07, 6.45) is -0.585. The Balaban J connectivity index is 1.55. The molecule has 0 aliphatic carbocycles. The fourth-order valence-corrected chi connectivity index (χ4v) is 3.14. The van der Waals surface area contributed by atoms with Crippen molar-refractivity contribution in [3.05, 3.63) is 66.2 Å². The summed E-state index contributed by atoms with van der Waals surface area (Å²) in [6.45, 7) is 1.28. The van der Waals surface area contributed by atoms with E-state index in [-0.39, 0.29) is 6.61 Å². The molecule has 5 heteroatoms. The Bertz CT molecular complexity index is 577. The van der Waals surface area contributed by atoms with Crippen LogP contribution in [0.1, 0.15) is 5.56 Å². The maximum atomic E-state index is 12.0. The summed E-state index contributed by atoms with van der Waals surface area (Å²) in [4.78, 5) is 0. The highest BCUT2D eigenvalue weighted by Crippen LogP contribution is 2.08. The largest absolute Gasteiger partial charge is 0.491 e. The van der Waals surface area contributed by atoms with Crippen LogP contribution in [0.15, 0.2) is 60.7 Å². The van der Waals surface area contributed by atoms with Gasteiger partial charge in [0.15, 0.2) is 0 Å². The molecule has 0 aliphatic rings. The van der Waals surface area contributed by atoms with Crippen LogP contribution in [0, 0.1) is 0 Å². The van der Waals surface area contributed by atoms with Gasteiger partial charge in [-0.1, -0.05) is 48.5 Å². The van der Waals surface area contributed by atoms with Gasteiger partial charge in [0.25, 0.3) is 0 Å². The number of nitrogens with one attached hydrogen (secondary N) is 1. The molecular weight excluding hydrogens is 310 g/mol. The normalized spacial score (nSPS) is 13.4. The maximum absolute atomic E-state index is 12.0. The fourth-order valence-electron chi connectivity index (χ4n) is 2.06. The average Bonchev–Trinajstić information content (AvgIpc) is 2.59. The summed E-state index contributed by atoms with van der Waals surface area (Å²) in [5, 5.41) is 13.0. The lowest BCUT2D eigenvalue weighted by molar-refractivity contribution is 0.107. The van der Waals surface area contributed by atoms with Gasteiger partial charge in [-0.15, -0.1) is 0 Å². The molecule has 0 saturated carbocycles. The number of hydrogen-bond donors (Lipinski definition) is 2. The van der Waals surface area contributed by atoms with Crippen LogP contribution in [0.25, 0.3) is 0 Å². The van der Waals surface area contributed by atoms with E-state index in [9.17, 15) is 9.32 Å². The first kappa shape index (κ1) is 17.7. The molecule has 23 heavy (non-hydrogen) atoms. The fraction of sp³-hybridized carbons (Fsp3) is 0.333. The molecule has 2 aromatic carbocycles. The van der Waals surface area contributed by atoms with Crippen LogP contribution in [0.3, 0.4) is 0 Å². The molecule has 0 heterocycles. The molecule has 2 aromatic rings. The third kappa shape index (κ3) is 7.41. The molecule has 0 bridgehead atoms. The van der Waals surface area contributed by atoms with Gasteiger partial charge in [0.05, 0.1) is 0 Å². The number of para-hydroxylation sites is 1. The zero-order valence-electron chi connectivity index (χ0n) is 13.1. The van der Waals surface area contributed by atoms with Crippen molar-refractivity contribution in [2.45, 2.75) is 11.9 Å². The van der Waals surface area contributed by atoms with Gasteiger partial charge >= 0.3 is 0 Å². The molecule has 2 atom stereocenters. The van der Waals surface area contributed by atoms with Crippen LogP contribution >= 0.6 is 0 Å². The van der Waals surface area contributed by atoms with Crippen LogP contribution < -0.4 is 10.1 Å². The van der Waals surface area contributed by atoms with Gasteiger partial charge < -0.3 is 15.2 Å². The highest BCUT2D eigenvalue weighted by molar-refractivity contribution is 7.84. The van der Waals surface area contributed by atoms with Gasteiger partial charge in [0.1, 0.15) is 18.5 Å². The molecule has 0 saturated heterocycles. The minimum absolute atomic E-state index is 0.240. The van der Waals surface area contributed by atoms with Gasteiger partial charge in [0, 0.05) is 35.4 Å². The molecule has 0 spiro atoms. The van der Waals surface area contributed by atoms with E-state index < -0.39 is 16.9 Å². The second-order valence-electron chi connectivity index (χ2n) is 5.26. The summed E-state index contributed by atoms with van der Waals surface area (Å²) >= 11 is 0. The van der Waals surface area contributed by atoms with Crippen molar-refractivity contribution < 1.29 is 14.1 Å². The zero-order chi connectivity index (χ0) is 16.3. The Morgan fingerprint density at radius 3 is 2.39 bits per heavy atom. The molecule has 124 valence electrons. The Labute approximate surface area is 140 Å². The summed E-state index contributed by atoms with van der Waals surface area (Å²) in [7, 11) is -0.895. The quantitative estimate of drug-likeness (QED) is 0.653. The average molecular weight is 333 g/mol. The van der Waals surface area contributed by atoms with E-state index in [2.05, 4.69) is 5.32 Å². The first-order valence-corrected chi connectivity index (χ1v) is 9.18. The Morgan fingerprint density at radius 2 is 1.70 bits per heavy atom. The van der Waals surface area contributed by atoms with Gasteiger partial charge in [-0.2, -0.15) is 0 Å². The van der Waals surface area contributed by atoms with E-state index in [0.717, 1.165) is 11.3 Å². The molecule has 0 fully saturated rings. The molecular formula is C18H23NO3S. The van der Waals surface area contributed by atoms with E-state index in [1.54, 1.807) is 0 Å². The second kappa shape index (κ2) is 10.2. The minimum atomic E-state index is -0.895. The van der Waals surface area contributed by atoms with Gasteiger partial charge in [-0.3, -0.25) is 4.21 Å². The predicted octanol–water partition coefficient (Wildman–Crippen LogP) is 1.96. The predicted molar refractivity (Wildman–Crippen MR) is 94.0 cm³/mol. The zero-order valence-corrected chi connectivity index (χ0v) is 13.9. The number of ether oxygens (including phenoxy) is 1. The SMILES string of the molecule is O=S(CCNCC(O)COc1ccccc1)Cc1ccccc1. The Hall–Kier alpha value is -1.69. The van der Waals surface area contributed by atoms with Crippen LogP contribution in [0.2, 0.25) is 0 Å². The lowest BCUT2D eigenvalue weighted by Crippen LogP contribution is -2.33. The summed E-state index contributed by atoms with van der Waals surface area (Å²) in [6, 6.07) is 19.2. The lowest BCUT2D eigenvalue weighted by Gasteiger charge is -2.13. The standard InChI is InChI=1S/C18H23NO3S/c20-17(14-22-18-9-5-2-6-10-18)13-19-11-12-23(21)15-16-7-3-1-4-8-16/h1-10,17,19-20H,11-15H2. The highest BCUT2D eigenvalue weighted by atomic mass is 32.2. The van der Waals surface area contributed by atoms with E-state index in [1.165, 1.54) is 0 Å². The number of aliphatic hydroxyl groups excluding tert-OH is 1. The molecule has 4 nitrogen and oxygen atoms in total. The summed E-state index contributed by atoms with van der Waals surface area (Å²) in [5.74, 6) is 1.89. The highest BCUT2D eigenvalue weighted by Gasteiger charge is 2.06. The van der Waals surface area contributed by atoms with Gasteiger partial charge in [0.2, 0.25) is 0 Å². The van der Waals surface area contributed by atoms with Crippen molar-refractivity contribution >= 4 is 10.8 Å². The summed E-state index contributed by atoms with van der Waals surface area (Å²) < 4.78 is 17.4. The van der Waals surface area contributed by atoms with Crippen molar-refractivity contribution in [1.29, 1.82) is 0 Å². The van der Waals surface area contributed by atoms with Crippen molar-refractivity contribution in [2.75, 3.05) is 25.4 Å². The molecule has 2 N–H and O–H groups in total. The summed E-state index contributed by atoms with van der Waals surface area (Å²) in [5.41, 5.74) is 1.09. The van der Waals surface area contributed by atoms with Crippen LogP contribution in [0.5, 0.6) is 5.75 Å².